The molecule has 0 spiro atoms. The van der Waals surface area contributed by atoms with Gasteiger partial charge in [0.25, 0.3) is 5.91 Å². The quantitative estimate of drug-likeness (QED) is 0.615. The number of nitrogens with one attached hydrogen (secondary N) is 1. The molecule has 0 radical (unpaired) electrons. The lowest BCUT2D eigenvalue weighted by molar-refractivity contribution is -0.110. The Morgan fingerprint density at radius 1 is 1.14 bits per heavy atom. The van der Waals surface area contributed by atoms with Crippen LogP contribution in [0.15, 0.2) is 36.4 Å². The molecular formula is C16H9Cl2F2NO. The molecule has 22 heavy (non-hydrogen) atoms. The molecule has 3 rings (SSSR count). The van der Waals surface area contributed by atoms with Crippen LogP contribution in [0.2, 0.25) is 10.0 Å². The number of hydrogen-bond donors (Lipinski definition) is 1. The van der Waals surface area contributed by atoms with Crippen LogP contribution in [0.5, 0.6) is 0 Å². The van der Waals surface area contributed by atoms with Crippen molar-refractivity contribution in [2.24, 2.45) is 0 Å². The molecule has 0 fully saturated rings. The molecule has 0 aromatic heterocycles. The molecule has 1 N–H and O–H groups in total. The van der Waals surface area contributed by atoms with Gasteiger partial charge < -0.3 is 5.32 Å². The number of amides is 1. The maximum absolute atomic E-state index is 13.9. The third-order valence-electron chi connectivity index (χ3n) is 3.41. The van der Waals surface area contributed by atoms with Crippen molar-refractivity contribution in [1.82, 2.24) is 0 Å². The van der Waals surface area contributed by atoms with Gasteiger partial charge in [0.1, 0.15) is 16.7 Å². The molecule has 0 bridgehead atoms. The highest BCUT2D eigenvalue weighted by molar-refractivity contribution is 6.34. The van der Waals surface area contributed by atoms with Gasteiger partial charge in [-0.1, -0.05) is 41.4 Å². The molecule has 1 aliphatic rings. The Kier molecular flexibility index (Phi) is 3.89. The zero-order valence-corrected chi connectivity index (χ0v) is 12.6. The van der Waals surface area contributed by atoms with E-state index in [1.807, 2.05) is 0 Å². The Bertz CT molecular complexity index is 818. The number of benzene rings is 2. The Morgan fingerprint density at radius 2 is 1.91 bits per heavy atom. The summed E-state index contributed by atoms with van der Waals surface area (Å²) in [5.41, 5.74) is 1.95. The first-order chi connectivity index (χ1) is 10.5. The van der Waals surface area contributed by atoms with Crippen LogP contribution in [0.4, 0.5) is 14.5 Å². The van der Waals surface area contributed by atoms with Crippen LogP contribution in [0.3, 0.4) is 0 Å². The third kappa shape index (κ3) is 2.60. The molecule has 2 aromatic carbocycles. The van der Waals surface area contributed by atoms with Crippen molar-refractivity contribution in [2.45, 2.75) is 6.42 Å². The minimum Gasteiger partial charge on any atom is -0.321 e. The van der Waals surface area contributed by atoms with Crippen LogP contribution >= 0.6 is 23.2 Å². The molecule has 1 heterocycles. The zero-order valence-electron chi connectivity index (χ0n) is 11.1. The highest BCUT2D eigenvalue weighted by Gasteiger charge is 2.24. The lowest BCUT2D eigenvalue weighted by Crippen LogP contribution is -2.04. The van der Waals surface area contributed by atoms with E-state index in [2.05, 4.69) is 5.32 Å². The number of rotatable bonds is 2. The zero-order chi connectivity index (χ0) is 15.9. The number of fused-ring (bicyclic) bond motifs is 1. The van der Waals surface area contributed by atoms with Crippen molar-refractivity contribution in [3.8, 4) is 0 Å². The summed E-state index contributed by atoms with van der Waals surface area (Å²) < 4.78 is 27.0. The largest absolute Gasteiger partial charge is 0.321 e. The summed E-state index contributed by atoms with van der Waals surface area (Å²) in [5.74, 6) is -1.91. The fraction of sp³-hybridized carbons (Fsp3) is 0.0625. The molecule has 112 valence electrons. The average molecular weight is 340 g/mol. The maximum atomic E-state index is 13.9. The molecule has 2 aromatic rings. The molecule has 0 saturated carbocycles. The first-order valence-corrected chi connectivity index (χ1v) is 7.17. The van der Waals surface area contributed by atoms with Gasteiger partial charge in [0.05, 0.1) is 5.69 Å². The van der Waals surface area contributed by atoms with Crippen LogP contribution < -0.4 is 5.32 Å². The number of halogens is 4. The Balaban J connectivity index is 1.94. The van der Waals surface area contributed by atoms with Crippen molar-refractivity contribution in [2.75, 3.05) is 5.32 Å². The fourth-order valence-corrected chi connectivity index (χ4v) is 2.66. The normalized spacial score (nSPS) is 15.1. The lowest BCUT2D eigenvalue weighted by Gasteiger charge is -2.03. The van der Waals surface area contributed by atoms with Crippen molar-refractivity contribution in [3.63, 3.8) is 0 Å². The van der Waals surface area contributed by atoms with Crippen LogP contribution in [0, 0.1) is 11.6 Å². The van der Waals surface area contributed by atoms with Gasteiger partial charge >= 0.3 is 0 Å². The summed E-state index contributed by atoms with van der Waals surface area (Å²) in [6, 6.07) is 7.44. The predicted molar refractivity (Wildman–Crippen MR) is 83.1 cm³/mol. The van der Waals surface area contributed by atoms with E-state index in [0.717, 1.165) is 6.07 Å². The summed E-state index contributed by atoms with van der Waals surface area (Å²) in [5, 5.41) is 2.66. The number of hydrogen-bond acceptors (Lipinski definition) is 1. The van der Waals surface area contributed by atoms with Gasteiger partial charge in [0, 0.05) is 16.2 Å². The van der Waals surface area contributed by atoms with Crippen LogP contribution in [-0.4, -0.2) is 5.91 Å². The Morgan fingerprint density at radius 3 is 2.68 bits per heavy atom. The minimum atomic E-state index is -0.812. The van der Waals surface area contributed by atoms with Gasteiger partial charge in [-0.2, -0.15) is 0 Å². The SMILES string of the molecule is O=C1Nc2cc(Cl)ccc2/C1=C\Cc1ccc(F)c(Cl)c1F. The Labute approximate surface area is 135 Å². The molecule has 1 amide bonds. The molecule has 0 aliphatic carbocycles. The molecular weight excluding hydrogens is 331 g/mol. The first kappa shape index (κ1) is 15.0. The van der Waals surface area contributed by atoms with Crippen LogP contribution in [-0.2, 0) is 11.2 Å². The average Bonchev–Trinajstić information content (AvgIpc) is 2.79. The van der Waals surface area contributed by atoms with Crippen molar-refractivity contribution < 1.29 is 13.6 Å². The summed E-state index contributed by atoms with van der Waals surface area (Å²) >= 11 is 11.4. The van der Waals surface area contributed by atoms with E-state index in [1.165, 1.54) is 6.07 Å². The second kappa shape index (κ2) is 5.71. The standard InChI is InChI=1S/C16H9Cl2F2NO/c17-9-3-5-10-11(16(22)21-13(10)7-9)4-1-8-2-6-12(19)14(18)15(8)20/h2-7H,1H2,(H,21,22)/b11-4+. The van der Waals surface area contributed by atoms with E-state index in [9.17, 15) is 13.6 Å². The highest BCUT2D eigenvalue weighted by Crippen LogP contribution is 2.34. The van der Waals surface area contributed by atoms with E-state index < -0.39 is 16.7 Å². The summed E-state index contributed by atoms with van der Waals surface area (Å²) in [6.45, 7) is 0. The van der Waals surface area contributed by atoms with Gasteiger partial charge in [-0.05, 0) is 30.2 Å². The van der Waals surface area contributed by atoms with Crippen molar-refractivity contribution >= 4 is 40.4 Å². The fourth-order valence-electron chi connectivity index (χ4n) is 2.30. The monoisotopic (exact) mass is 339 g/mol. The van der Waals surface area contributed by atoms with Gasteiger partial charge in [0.15, 0.2) is 0 Å². The molecule has 2 nitrogen and oxygen atoms in total. The summed E-state index contributed by atoms with van der Waals surface area (Å²) in [7, 11) is 0. The van der Waals surface area contributed by atoms with Crippen molar-refractivity contribution in [3.05, 3.63) is 69.2 Å². The van der Waals surface area contributed by atoms with Gasteiger partial charge in [-0.15, -0.1) is 0 Å². The van der Waals surface area contributed by atoms with E-state index in [1.54, 1.807) is 24.3 Å². The van der Waals surface area contributed by atoms with Crippen LogP contribution in [0.25, 0.3) is 5.57 Å². The van der Waals surface area contributed by atoms with Crippen molar-refractivity contribution in [1.29, 1.82) is 0 Å². The third-order valence-corrected chi connectivity index (χ3v) is 3.99. The molecule has 0 saturated heterocycles. The van der Waals surface area contributed by atoms with Gasteiger partial charge in [-0.25, -0.2) is 8.78 Å². The topological polar surface area (TPSA) is 29.1 Å². The second-order valence-electron chi connectivity index (χ2n) is 4.80. The second-order valence-corrected chi connectivity index (χ2v) is 5.61. The molecule has 0 unspecified atom stereocenters. The van der Waals surface area contributed by atoms with E-state index in [-0.39, 0.29) is 17.9 Å². The smallest absolute Gasteiger partial charge is 0.256 e. The highest BCUT2D eigenvalue weighted by atomic mass is 35.5. The minimum absolute atomic E-state index is 0.122. The molecule has 1 aliphatic heterocycles. The maximum Gasteiger partial charge on any atom is 0.256 e. The van der Waals surface area contributed by atoms with E-state index in [0.29, 0.717) is 21.8 Å². The Hall–Kier alpha value is -1.91. The van der Waals surface area contributed by atoms with Gasteiger partial charge in [-0.3, -0.25) is 4.79 Å². The first-order valence-electron chi connectivity index (χ1n) is 6.41. The van der Waals surface area contributed by atoms with Gasteiger partial charge in [0.2, 0.25) is 0 Å². The van der Waals surface area contributed by atoms with E-state index in [4.69, 9.17) is 23.2 Å². The van der Waals surface area contributed by atoms with Crippen LogP contribution in [0.1, 0.15) is 11.1 Å². The summed E-state index contributed by atoms with van der Waals surface area (Å²) in [4.78, 5) is 12.0. The number of carbonyl (C=O) groups excluding carboxylic acids is 1. The molecule has 6 heteroatoms. The van der Waals surface area contributed by atoms with E-state index >= 15 is 0 Å². The number of allylic oxidation sites excluding steroid dienone is 1. The number of anilines is 1. The predicted octanol–water partition coefficient (Wildman–Crippen LogP) is 4.85. The molecule has 0 atom stereocenters. The number of carbonyl (C=O) groups is 1. The lowest BCUT2D eigenvalue weighted by atomic mass is 10.0. The summed E-state index contributed by atoms with van der Waals surface area (Å²) in [6.07, 6.45) is 1.71.